The van der Waals surface area contributed by atoms with Gasteiger partial charge in [-0.05, 0) is 135 Å². The van der Waals surface area contributed by atoms with E-state index in [2.05, 4.69) is 191 Å². The largest absolute Gasteiger partial charge is 0.462 e. The standard InChI is InChI=1S/C67H98O6/c1-4-7-10-13-16-19-22-25-26-27-28-29-30-31-32-33-34-35-36-37-38-39-40-43-45-48-51-54-57-60-66(69)72-63-64(73-67(70)61-58-55-52-49-46-42-24-21-18-15-12-9-6-3)62-71-65(68)59-56-53-50-47-44-41-23-20-17-14-11-8-5-2/h7-12,16-21,25-26,28-29,31-32,34-35,37-38,40-44,46,50,52-53,55,64H,4-6,13-15,22-24,27,30,33,36,39,45,47-49,51,54,56-63H2,1-3H3/b10-7-,11-8-,12-9-,19-16-,20-17-,21-18-,26-25-,29-28-,32-31-,35-34-,38-37-,43-40-,44-41-,46-42-,53-50-,55-52-. The molecule has 0 aromatic rings. The maximum atomic E-state index is 12.8. The molecule has 402 valence electrons. The van der Waals surface area contributed by atoms with Crippen LogP contribution in [0.1, 0.15) is 188 Å². The van der Waals surface area contributed by atoms with Crippen molar-refractivity contribution >= 4 is 17.9 Å². The van der Waals surface area contributed by atoms with Gasteiger partial charge >= 0.3 is 17.9 Å². The van der Waals surface area contributed by atoms with Gasteiger partial charge in [0.15, 0.2) is 6.10 Å². The Balaban J connectivity index is 4.49. The molecule has 0 heterocycles. The second-order valence-electron chi connectivity index (χ2n) is 17.3. The molecule has 0 aliphatic rings. The summed E-state index contributed by atoms with van der Waals surface area (Å²) in [6.07, 6.45) is 90.3. The summed E-state index contributed by atoms with van der Waals surface area (Å²) in [6.45, 7) is 6.10. The van der Waals surface area contributed by atoms with E-state index in [-0.39, 0.29) is 32.0 Å². The number of carbonyl (C=O) groups excluding carboxylic acids is 3. The average molecular weight is 1000 g/mol. The number of ether oxygens (including phenoxy) is 3. The Bertz CT molecular complexity index is 1810. The predicted molar refractivity (Wildman–Crippen MR) is 315 cm³/mol. The van der Waals surface area contributed by atoms with E-state index in [1.165, 1.54) is 0 Å². The zero-order chi connectivity index (χ0) is 52.9. The molecule has 6 heteroatoms. The second kappa shape index (κ2) is 58.8. The van der Waals surface area contributed by atoms with Gasteiger partial charge < -0.3 is 14.2 Å². The Hall–Kier alpha value is -5.75. The molecule has 73 heavy (non-hydrogen) atoms. The van der Waals surface area contributed by atoms with Crippen molar-refractivity contribution in [3.05, 3.63) is 194 Å². The van der Waals surface area contributed by atoms with Crippen LogP contribution in [0.5, 0.6) is 0 Å². The smallest absolute Gasteiger partial charge is 0.306 e. The van der Waals surface area contributed by atoms with E-state index in [9.17, 15) is 14.4 Å². The van der Waals surface area contributed by atoms with Gasteiger partial charge in [0.25, 0.3) is 0 Å². The van der Waals surface area contributed by atoms with Crippen molar-refractivity contribution in [2.24, 2.45) is 0 Å². The maximum Gasteiger partial charge on any atom is 0.306 e. The van der Waals surface area contributed by atoms with Gasteiger partial charge in [-0.1, -0.05) is 228 Å². The number of allylic oxidation sites excluding steroid dienone is 32. The molecule has 0 fully saturated rings. The SMILES string of the molecule is CC/C=C\C/C=C\C/C=C\C/C=C\C/C=C\C/C=C\C/C=C\C/C=C\CCCCCCC(=O)OCC(COC(=O)CC/C=C\C/C=C\C/C=C\C/C=C\CC)OC(=O)CC/C=C\C/C=C\C/C=C\C/C=C\CC. The molecule has 0 saturated heterocycles. The maximum absolute atomic E-state index is 12.8. The topological polar surface area (TPSA) is 78.9 Å². The van der Waals surface area contributed by atoms with E-state index >= 15 is 0 Å². The van der Waals surface area contributed by atoms with E-state index < -0.39 is 18.0 Å². The van der Waals surface area contributed by atoms with Gasteiger partial charge in [-0.2, -0.15) is 0 Å². The molecule has 0 spiro atoms. The highest BCUT2D eigenvalue weighted by atomic mass is 16.6. The Kier molecular flexibility index (Phi) is 54.2. The van der Waals surface area contributed by atoms with Crippen molar-refractivity contribution in [2.75, 3.05) is 13.2 Å². The van der Waals surface area contributed by atoms with E-state index in [1.807, 2.05) is 24.3 Å². The lowest BCUT2D eigenvalue weighted by molar-refractivity contribution is -0.166. The van der Waals surface area contributed by atoms with Gasteiger partial charge in [-0.25, -0.2) is 0 Å². The normalized spacial score (nSPS) is 13.6. The Labute approximate surface area is 446 Å². The van der Waals surface area contributed by atoms with Crippen LogP contribution in [0.15, 0.2) is 194 Å². The molecule has 0 amide bonds. The molecule has 0 N–H and O–H groups in total. The third-order valence-corrected chi connectivity index (χ3v) is 10.6. The highest BCUT2D eigenvalue weighted by Gasteiger charge is 2.19. The van der Waals surface area contributed by atoms with Crippen LogP contribution in [-0.2, 0) is 28.6 Å². The molecule has 6 nitrogen and oxygen atoms in total. The summed E-state index contributed by atoms with van der Waals surface area (Å²) in [6, 6.07) is 0. The van der Waals surface area contributed by atoms with E-state index in [0.717, 1.165) is 135 Å². The molecule has 0 radical (unpaired) electrons. The summed E-state index contributed by atoms with van der Waals surface area (Å²) in [5, 5.41) is 0. The van der Waals surface area contributed by atoms with Crippen LogP contribution in [0.4, 0.5) is 0 Å². The summed E-state index contributed by atoms with van der Waals surface area (Å²) in [5.41, 5.74) is 0. The van der Waals surface area contributed by atoms with E-state index in [0.29, 0.717) is 19.3 Å². The lowest BCUT2D eigenvalue weighted by Gasteiger charge is -2.18. The minimum atomic E-state index is -0.867. The molecule has 0 aliphatic carbocycles. The van der Waals surface area contributed by atoms with E-state index in [1.54, 1.807) is 0 Å². The number of esters is 3. The van der Waals surface area contributed by atoms with Crippen molar-refractivity contribution in [2.45, 2.75) is 194 Å². The molecule has 0 rings (SSSR count). The van der Waals surface area contributed by atoms with Crippen molar-refractivity contribution in [1.29, 1.82) is 0 Å². The molecule has 0 aromatic heterocycles. The summed E-state index contributed by atoms with van der Waals surface area (Å²) >= 11 is 0. The lowest BCUT2D eigenvalue weighted by Crippen LogP contribution is -2.30. The fourth-order valence-electron chi connectivity index (χ4n) is 6.54. The number of hydrogen-bond donors (Lipinski definition) is 0. The number of carbonyl (C=O) groups is 3. The van der Waals surface area contributed by atoms with Gasteiger partial charge in [0.1, 0.15) is 13.2 Å². The first-order valence-corrected chi connectivity index (χ1v) is 27.9. The monoisotopic (exact) mass is 999 g/mol. The number of rotatable bonds is 47. The first-order valence-electron chi connectivity index (χ1n) is 27.9. The highest BCUT2D eigenvalue weighted by Crippen LogP contribution is 2.10. The van der Waals surface area contributed by atoms with Crippen LogP contribution >= 0.6 is 0 Å². The quantitative estimate of drug-likeness (QED) is 0.0262. The minimum Gasteiger partial charge on any atom is -0.462 e. The number of hydrogen-bond acceptors (Lipinski definition) is 6. The third kappa shape index (κ3) is 57.0. The molecule has 1 unspecified atom stereocenters. The van der Waals surface area contributed by atoms with Gasteiger partial charge in [0.05, 0.1) is 0 Å². The van der Waals surface area contributed by atoms with E-state index in [4.69, 9.17) is 14.2 Å². The first-order chi connectivity index (χ1) is 36.0. The summed E-state index contributed by atoms with van der Waals surface area (Å²) in [7, 11) is 0. The van der Waals surface area contributed by atoms with Gasteiger partial charge in [0.2, 0.25) is 0 Å². The van der Waals surface area contributed by atoms with Crippen LogP contribution in [-0.4, -0.2) is 37.2 Å². The summed E-state index contributed by atoms with van der Waals surface area (Å²) in [5.74, 6) is -1.16. The van der Waals surface area contributed by atoms with Crippen LogP contribution in [0, 0.1) is 0 Å². The minimum absolute atomic E-state index is 0.153. The van der Waals surface area contributed by atoms with Crippen LogP contribution < -0.4 is 0 Å². The van der Waals surface area contributed by atoms with Gasteiger partial charge in [0, 0.05) is 19.3 Å². The van der Waals surface area contributed by atoms with Crippen molar-refractivity contribution in [3.63, 3.8) is 0 Å². The molecule has 0 saturated carbocycles. The Morgan fingerprint density at radius 2 is 0.521 bits per heavy atom. The van der Waals surface area contributed by atoms with Crippen LogP contribution in [0.2, 0.25) is 0 Å². The predicted octanol–water partition coefficient (Wildman–Crippen LogP) is 19.1. The molecular weight excluding hydrogens is 901 g/mol. The van der Waals surface area contributed by atoms with Crippen LogP contribution in [0.25, 0.3) is 0 Å². The molecule has 0 bridgehead atoms. The molecular formula is C67H98O6. The third-order valence-electron chi connectivity index (χ3n) is 10.6. The Morgan fingerprint density at radius 1 is 0.274 bits per heavy atom. The van der Waals surface area contributed by atoms with Crippen molar-refractivity contribution in [1.82, 2.24) is 0 Å². The zero-order valence-corrected chi connectivity index (χ0v) is 45.8. The lowest BCUT2D eigenvalue weighted by atomic mass is 10.1. The summed E-state index contributed by atoms with van der Waals surface area (Å²) in [4.78, 5) is 38.0. The van der Waals surface area contributed by atoms with Crippen LogP contribution in [0.3, 0.4) is 0 Å². The fraction of sp³-hybridized carbons (Fsp3) is 0.478. The van der Waals surface area contributed by atoms with Crippen molar-refractivity contribution in [3.8, 4) is 0 Å². The van der Waals surface area contributed by atoms with Gasteiger partial charge in [-0.15, -0.1) is 0 Å². The van der Waals surface area contributed by atoms with Crippen molar-refractivity contribution < 1.29 is 28.6 Å². The summed E-state index contributed by atoms with van der Waals surface area (Å²) < 4.78 is 16.6. The molecule has 0 aromatic carbocycles. The number of unbranched alkanes of at least 4 members (excludes halogenated alkanes) is 4. The average Bonchev–Trinajstić information content (AvgIpc) is 3.39. The zero-order valence-electron chi connectivity index (χ0n) is 45.8. The molecule has 1 atom stereocenters. The fourth-order valence-corrected chi connectivity index (χ4v) is 6.54. The second-order valence-corrected chi connectivity index (χ2v) is 17.3. The Morgan fingerprint density at radius 3 is 0.836 bits per heavy atom. The van der Waals surface area contributed by atoms with Gasteiger partial charge in [-0.3, -0.25) is 14.4 Å². The molecule has 0 aliphatic heterocycles. The highest BCUT2D eigenvalue weighted by molar-refractivity contribution is 5.71. The first kappa shape index (κ1) is 67.2.